The number of rotatable bonds is 10. The van der Waals surface area contributed by atoms with Crippen molar-refractivity contribution in [1.29, 1.82) is 0 Å². The van der Waals surface area contributed by atoms with Crippen molar-refractivity contribution < 1.29 is 9.47 Å². The van der Waals surface area contributed by atoms with Crippen molar-refractivity contribution in [2.45, 2.75) is 46.0 Å². The highest BCUT2D eigenvalue weighted by Gasteiger charge is 2.07. The van der Waals surface area contributed by atoms with Gasteiger partial charge in [0, 0.05) is 7.05 Å². The number of hydrogen-bond acceptors (Lipinski definition) is 6. The third kappa shape index (κ3) is 6.22. The lowest BCUT2D eigenvalue weighted by molar-refractivity contribution is 0.263. The first-order valence-corrected chi connectivity index (χ1v) is 6.99. The van der Waals surface area contributed by atoms with Crippen LogP contribution in [0.3, 0.4) is 0 Å². The van der Waals surface area contributed by atoms with E-state index in [4.69, 9.17) is 9.47 Å². The molecule has 108 valence electrons. The van der Waals surface area contributed by atoms with Gasteiger partial charge in [-0.1, -0.05) is 32.6 Å². The topological polar surface area (TPSA) is 69.2 Å². The molecule has 0 atom stereocenters. The van der Waals surface area contributed by atoms with Crippen molar-refractivity contribution in [3.05, 3.63) is 0 Å². The highest BCUT2D eigenvalue weighted by molar-refractivity contribution is 5.26. The summed E-state index contributed by atoms with van der Waals surface area (Å²) in [6.07, 6.45) is 5.98. The van der Waals surface area contributed by atoms with E-state index in [-0.39, 0.29) is 0 Å². The third-order valence-corrected chi connectivity index (χ3v) is 2.57. The van der Waals surface area contributed by atoms with Crippen LogP contribution < -0.4 is 14.8 Å². The van der Waals surface area contributed by atoms with Gasteiger partial charge in [0.15, 0.2) is 0 Å². The van der Waals surface area contributed by atoms with Gasteiger partial charge in [-0.2, -0.15) is 9.97 Å². The summed E-state index contributed by atoms with van der Waals surface area (Å²) >= 11 is 0. The number of unbranched alkanes of at least 4 members (excludes halogenated alkanes) is 4. The molecule has 0 aromatic carbocycles. The molecule has 1 aromatic heterocycles. The fourth-order valence-corrected chi connectivity index (χ4v) is 1.58. The molecule has 1 aromatic rings. The molecule has 0 saturated carbocycles. The maximum Gasteiger partial charge on any atom is 0.324 e. The summed E-state index contributed by atoms with van der Waals surface area (Å²) < 4.78 is 10.8. The number of anilines is 1. The first-order chi connectivity index (χ1) is 9.30. The normalized spacial score (nSPS) is 10.3. The second kappa shape index (κ2) is 9.35. The van der Waals surface area contributed by atoms with Gasteiger partial charge in [-0.25, -0.2) is 0 Å². The van der Waals surface area contributed by atoms with Gasteiger partial charge in [0.1, 0.15) is 0 Å². The van der Waals surface area contributed by atoms with Crippen LogP contribution in [0.15, 0.2) is 0 Å². The Morgan fingerprint density at radius 2 is 1.58 bits per heavy atom. The smallest absolute Gasteiger partial charge is 0.324 e. The molecule has 0 unspecified atom stereocenters. The first kappa shape index (κ1) is 15.5. The fourth-order valence-electron chi connectivity index (χ4n) is 1.58. The van der Waals surface area contributed by atoms with Crippen LogP contribution in [0.4, 0.5) is 5.95 Å². The molecular weight excluding hydrogens is 244 g/mol. The predicted octanol–water partition coefficient (Wildman–Crippen LogP) is 2.66. The summed E-state index contributed by atoms with van der Waals surface area (Å²) in [5.74, 6) is 0.458. The summed E-state index contributed by atoms with van der Waals surface area (Å²) in [7, 11) is 1.75. The maximum atomic E-state index is 5.53. The van der Waals surface area contributed by atoms with Gasteiger partial charge in [-0.15, -0.1) is 4.98 Å². The van der Waals surface area contributed by atoms with Crippen LogP contribution in [-0.4, -0.2) is 35.2 Å². The first-order valence-electron chi connectivity index (χ1n) is 6.99. The SMILES string of the molecule is CCCCCCCOc1nc(NC)nc(OCC)n1. The van der Waals surface area contributed by atoms with Crippen molar-refractivity contribution in [2.24, 2.45) is 0 Å². The molecule has 1 N–H and O–H groups in total. The Labute approximate surface area is 115 Å². The van der Waals surface area contributed by atoms with Crippen LogP contribution in [0.25, 0.3) is 0 Å². The maximum absolute atomic E-state index is 5.53. The number of ether oxygens (including phenoxy) is 2. The Hall–Kier alpha value is -1.59. The van der Waals surface area contributed by atoms with Crippen molar-refractivity contribution in [3.8, 4) is 12.0 Å². The van der Waals surface area contributed by atoms with Gasteiger partial charge in [0.2, 0.25) is 5.95 Å². The third-order valence-electron chi connectivity index (χ3n) is 2.57. The van der Waals surface area contributed by atoms with Crippen LogP contribution in [0.2, 0.25) is 0 Å². The van der Waals surface area contributed by atoms with Crippen LogP contribution in [0.5, 0.6) is 12.0 Å². The zero-order chi connectivity index (χ0) is 13.9. The Kier molecular flexibility index (Phi) is 7.62. The van der Waals surface area contributed by atoms with Crippen molar-refractivity contribution in [1.82, 2.24) is 15.0 Å². The minimum atomic E-state index is 0.294. The lowest BCUT2D eigenvalue weighted by Crippen LogP contribution is -2.07. The molecule has 1 rings (SSSR count). The molecule has 0 aliphatic carbocycles. The Morgan fingerprint density at radius 1 is 0.895 bits per heavy atom. The van der Waals surface area contributed by atoms with E-state index in [9.17, 15) is 0 Å². The number of aromatic nitrogens is 3. The van der Waals surface area contributed by atoms with E-state index in [1.54, 1.807) is 7.05 Å². The Morgan fingerprint density at radius 3 is 2.21 bits per heavy atom. The molecule has 1 heterocycles. The summed E-state index contributed by atoms with van der Waals surface area (Å²) in [4.78, 5) is 12.3. The predicted molar refractivity (Wildman–Crippen MR) is 74.8 cm³/mol. The van der Waals surface area contributed by atoms with Gasteiger partial charge in [0.05, 0.1) is 13.2 Å². The molecule has 6 nitrogen and oxygen atoms in total. The molecule has 6 heteroatoms. The largest absolute Gasteiger partial charge is 0.464 e. The van der Waals surface area contributed by atoms with E-state index >= 15 is 0 Å². The monoisotopic (exact) mass is 268 g/mol. The number of nitrogens with zero attached hydrogens (tertiary/aromatic N) is 3. The van der Waals surface area contributed by atoms with E-state index < -0.39 is 0 Å². The average Bonchev–Trinajstić information content (AvgIpc) is 2.43. The molecule has 0 bridgehead atoms. The second-order valence-electron chi connectivity index (χ2n) is 4.17. The minimum Gasteiger partial charge on any atom is -0.464 e. The van der Waals surface area contributed by atoms with E-state index in [1.807, 2.05) is 6.92 Å². The molecule has 0 saturated heterocycles. The molecule has 0 fully saturated rings. The molecule has 0 aliphatic heterocycles. The molecular formula is C13H24N4O2. The van der Waals surface area contributed by atoms with Crippen LogP contribution in [0.1, 0.15) is 46.0 Å². The van der Waals surface area contributed by atoms with Gasteiger partial charge in [-0.05, 0) is 13.3 Å². The van der Waals surface area contributed by atoms with Gasteiger partial charge >= 0.3 is 12.0 Å². The van der Waals surface area contributed by atoms with Gasteiger partial charge in [-0.3, -0.25) is 0 Å². The second-order valence-corrected chi connectivity index (χ2v) is 4.17. The molecule has 0 aliphatic rings. The van der Waals surface area contributed by atoms with Gasteiger partial charge < -0.3 is 14.8 Å². The highest BCUT2D eigenvalue weighted by atomic mass is 16.5. The summed E-state index contributed by atoms with van der Waals surface area (Å²) in [5, 5.41) is 2.86. The summed E-state index contributed by atoms with van der Waals surface area (Å²) in [6, 6.07) is 0.612. The van der Waals surface area contributed by atoms with Gasteiger partial charge in [0.25, 0.3) is 0 Å². The molecule has 0 amide bonds. The highest BCUT2D eigenvalue weighted by Crippen LogP contribution is 2.13. The number of hydrogen-bond donors (Lipinski definition) is 1. The zero-order valence-corrected chi connectivity index (χ0v) is 12.1. The van der Waals surface area contributed by atoms with E-state index in [0.717, 1.165) is 6.42 Å². The standard InChI is InChI=1S/C13H24N4O2/c1-4-6-7-8-9-10-19-13-16-11(14-3)15-12(17-13)18-5-2/h4-10H2,1-3H3,(H,14,15,16,17). The Bertz CT molecular complexity index is 360. The van der Waals surface area contributed by atoms with Crippen molar-refractivity contribution in [2.75, 3.05) is 25.6 Å². The molecule has 0 spiro atoms. The van der Waals surface area contributed by atoms with E-state index in [0.29, 0.717) is 31.2 Å². The lowest BCUT2D eigenvalue weighted by Gasteiger charge is -2.07. The van der Waals surface area contributed by atoms with E-state index in [1.165, 1.54) is 25.7 Å². The van der Waals surface area contributed by atoms with Crippen LogP contribution >= 0.6 is 0 Å². The minimum absolute atomic E-state index is 0.294. The fraction of sp³-hybridized carbons (Fsp3) is 0.769. The zero-order valence-electron chi connectivity index (χ0n) is 12.1. The Balaban J connectivity index is 2.41. The molecule has 0 radical (unpaired) electrons. The van der Waals surface area contributed by atoms with E-state index in [2.05, 4.69) is 27.2 Å². The lowest BCUT2D eigenvalue weighted by atomic mass is 10.2. The van der Waals surface area contributed by atoms with Crippen LogP contribution in [0, 0.1) is 0 Å². The molecule has 19 heavy (non-hydrogen) atoms. The summed E-state index contributed by atoms with van der Waals surface area (Å²) in [6.45, 7) is 5.24. The quantitative estimate of drug-likeness (QED) is 0.658. The van der Waals surface area contributed by atoms with Crippen molar-refractivity contribution >= 4 is 5.95 Å². The number of nitrogens with one attached hydrogen (secondary N) is 1. The van der Waals surface area contributed by atoms with Crippen molar-refractivity contribution in [3.63, 3.8) is 0 Å². The van der Waals surface area contributed by atoms with Crippen LogP contribution in [-0.2, 0) is 0 Å². The summed E-state index contributed by atoms with van der Waals surface area (Å²) in [5.41, 5.74) is 0. The average molecular weight is 268 g/mol.